The van der Waals surface area contributed by atoms with Gasteiger partial charge in [0.15, 0.2) is 0 Å². The van der Waals surface area contributed by atoms with Gasteiger partial charge in [0.1, 0.15) is 6.10 Å². The van der Waals surface area contributed by atoms with E-state index in [-0.39, 0.29) is 11.7 Å². The Balaban J connectivity index is 1.86. The highest BCUT2D eigenvalue weighted by Crippen LogP contribution is 2.39. The molecular formula is C20H19NO. The van der Waals surface area contributed by atoms with E-state index in [4.69, 9.17) is 4.74 Å². The topological polar surface area (TPSA) is 22.1 Å². The minimum atomic E-state index is -0.162. The van der Waals surface area contributed by atoms with Crippen molar-refractivity contribution in [3.63, 3.8) is 0 Å². The van der Waals surface area contributed by atoms with Crippen LogP contribution in [-0.2, 0) is 11.2 Å². The van der Waals surface area contributed by atoms with Gasteiger partial charge in [-0.15, -0.1) is 0 Å². The highest BCUT2D eigenvalue weighted by atomic mass is 16.5. The van der Waals surface area contributed by atoms with Crippen LogP contribution in [0, 0.1) is 0 Å². The molecule has 1 aliphatic heterocycles. The number of ether oxygens (including phenoxy) is 1. The summed E-state index contributed by atoms with van der Waals surface area (Å²) in [7, 11) is 0. The zero-order valence-corrected chi connectivity index (χ0v) is 12.9. The van der Waals surface area contributed by atoms with Gasteiger partial charge < -0.3 is 4.74 Å². The van der Waals surface area contributed by atoms with Crippen molar-refractivity contribution in [2.75, 3.05) is 0 Å². The van der Waals surface area contributed by atoms with Gasteiger partial charge in [0.25, 0.3) is 0 Å². The Morgan fingerprint density at radius 3 is 2.73 bits per heavy atom. The molecule has 0 radical (unpaired) electrons. The van der Waals surface area contributed by atoms with Crippen molar-refractivity contribution in [3.8, 4) is 0 Å². The minimum Gasteiger partial charge on any atom is -0.363 e. The Bertz CT molecular complexity index is 838. The fourth-order valence-corrected chi connectivity index (χ4v) is 3.31. The van der Waals surface area contributed by atoms with Gasteiger partial charge in [0, 0.05) is 23.6 Å². The smallest absolute Gasteiger partial charge is 0.110 e. The van der Waals surface area contributed by atoms with Crippen molar-refractivity contribution < 1.29 is 4.74 Å². The molecular weight excluding hydrogens is 270 g/mol. The quantitative estimate of drug-likeness (QED) is 0.649. The van der Waals surface area contributed by atoms with Crippen LogP contribution >= 0.6 is 0 Å². The molecule has 2 heteroatoms. The average Bonchev–Trinajstić information content (AvgIpc) is 2.53. The first-order valence-electron chi connectivity index (χ1n) is 7.73. The number of benzene rings is 2. The molecule has 2 aromatic carbocycles. The molecule has 0 saturated carbocycles. The summed E-state index contributed by atoms with van der Waals surface area (Å²) in [5, 5.41) is 1.16. The van der Waals surface area contributed by atoms with Gasteiger partial charge >= 0.3 is 0 Å². The van der Waals surface area contributed by atoms with Crippen molar-refractivity contribution in [3.05, 3.63) is 77.5 Å². The number of rotatable bonds is 1. The van der Waals surface area contributed by atoms with E-state index in [1.54, 1.807) is 0 Å². The third-order valence-electron chi connectivity index (χ3n) is 4.31. The first-order chi connectivity index (χ1) is 10.6. The van der Waals surface area contributed by atoms with Crippen LogP contribution in [0.5, 0.6) is 0 Å². The molecule has 0 spiro atoms. The number of pyridine rings is 1. The molecule has 1 unspecified atom stereocenters. The van der Waals surface area contributed by atoms with Gasteiger partial charge in [0.2, 0.25) is 0 Å². The Labute approximate surface area is 130 Å². The van der Waals surface area contributed by atoms with Crippen LogP contribution in [0.3, 0.4) is 0 Å². The van der Waals surface area contributed by atoms with Crippen LogP contribution in [0.15, 0.2) is 60.8 Å². The minimum absolute atomic E-state index is 0.0444. The van der Waals surface area contributed by atoms with E-state index < -0.39 is 0 Å². The number of para-hydroxylation sites is 1. The van der Waals surface area contributed by atoms with Crippen molar-refractivity contribution in [1.82, 2.24) is 4.98 Å². The van der Waals surface area contributed by atoms with Gasteiger partial charge in [-0.2, -0.15) is 0 Å². The summed E-state index contributed by atoms with van der Waals surface area (Å²) in [5.74, 6) is 0. The monoisotopic (exact) mass is 289 g/mol. The highest BCUT2D eigenvalue weighted by molar-refractivity contribution is 5.79. The molecule has 0 aliphatic carbocycles. The average molecular weight is 289 g/mol. The molecule has 22 heavy (non-hydrogen) atoms. The van der Waals surface area contributed by atoms with Crippen LogP contribution in [0.2, 0.25) is 0 Å². The van der Waals surface area contributed by atoms with E-state index in [2.05, 4.69) is 55.2 Å². The predicted molar refractivity (Wildman–Crippen MR) is 88.9 cm³/mol. The largest absolute Gasteiger partial charge is 0.363 e. The highest BCUT2D eigenvalue weighted by Gasteiger charge is 2.33. The summed E-state index contributed by atoms with van der Waals surface area (Å²) < 4.78 is 6.40. The van der Waals surface area contributed by atoms with E-state index in [1.165, 1.54) is 11.1 Å². The van der Waals surface area contributed by atoms with Crippen LogP contribution < -0.4 is 0 Å². The predicted octanol–water partition coefficient (Wildman–Crippen LogP) is 4.68. The number of nitrogens with zero attached hydrogens (tertiary/aromatic N) is 1. The van der Waals surface area contributed by atoms with E-state index in [9.17, 15) is 0 Å². The molecule has 2 nitrogen and oxygen atoms in total. The van der Waals surface area contributed by atoms with Crippen LogP contribution in [-0.4, -0.2) is 10.6 Å². The van der Waals surface area contributed by atoms with E-state index in [1.807, 2.05) is 24.4 Å². The zero-order chi connectivity index (χ0) is 15.2. The van der Waals surface area contributed by atoms with Crippen molar-refractivity contribution >= 4 is 10.9 Å². The molecule has 1 atom stereocenters. The summed E-state index contributed by atoms with van der Waals surface area (Å²) in [4.78, 5) is 4.60. The van der Waals surface area contributed by atoms with Crippen molar-refractivity contribution in [2.24, 2.45) is 0 Å². The van der Waals surface area contributed by atoms with Crippen molar-refractivity contribution in [1.29, 1.82) is 0 Å². The molecule has 0 N–H and O–H groups in total. The van der Waals surface area contributed by atoms with E-state index >= 15 is 0 Å². The van der Waals surface area contributed by atoms with Crippen LogP contribution in [0.4, 0.5) is 0 Å². The molecule has 110 valence electrons. The number of hydrogen-bond donors (Lipinski definition) is 0. The second-order valence-corrected chi connectivity index (χ2v) is 6.59. The molecule has 2 heterocycles. The summed E-state index contributed by atoms with van der Waals surface area (Å²) >= 11 is 0. The lowest BCUT2D eigenvalue weighted by Crippen LogP contribution is -2.35. The molecule has 0 amide bonds. The second-order valence-electron chi connectivity index (χ2n) is 6.59. The van der Waals surface area contributed by atoms with Gasteiger partial charge in [-0.25, -0.2) is 0 Å². The zero-order valence-electron chi connectivity index (χ0n) is 12.9. The molecule has 1 aliphatic rings. The third kappa shape index (κ3) is 2.30. The van der Waals surface area contributed by atoms with Gasteiger partial charge in [0.05, 0.1) is 11.1 Å². The fourth-order valence-electron chi connectivity index (χ4n) is 3.31. The summed E-state index contributed by atoms with van der Waals surface area (Å²) in [6, 6.07) is 19.0. The normalized spacial score (nSPS) is 19.8. The molecule has 4 rings (SSSR count). The summed E-state index contributed by atoms with van der Waals surface area (Å²) in [6.45, 7) is 4.31. The first kappa shape index (κ1) is 13.5. The maximum absolute atomic E-state index is 6.40. The molecule has 1 aromatic heterocycles. The Kier molecular flexibility index (Phi) is 3.02. The maximum Gasteiger partial charge on any atom is 0.110 e. The lowest BCUT2D eigenvalue weighted by atomic mass is 9.86. The standard InChI is InChI=1S/C20H19NO/c1-20(2)12-15-8-3-5-9-17(15)19(22-20)16-11-14-7-4-6-10-18(14)21-13-16/h3-11,13,19H,12H2,1-2H3. The van der Waals surface area contributed by atoms with E-state index in [0.717, 1.165) is 22.9 Å². The second kappa shape index (κ2) is 4.92. The number of fused-ring (bicyclic) bond motifs is 2. The SMILES string of the molecule is CC1(C)Cc2ccccc2C(c2cnc3ccccc3c2)O1. The van der Waals surface area contributed by atoms with Gasteiger partial charge in [-0.05, 0) is 37.1 Å². The lowest BCUT2D eigenvalue weighted by molar-refractivity contribution is -0.0669. The summed E-state index contributed by atoms with van der Waals surface area (Å²) in [5.41, 5.74) is 4.62. The van der Waals surface area contributed by atoms with Crippen molar-refractivity contribution in [2.45, 2.75) is 32.0 Å². The van der Waals surface area contributed by atoms with Gasteiger partial charge in [-0.3, -0.25) is 4.98 Å². The summed E-state index contributed by atoms with van der Waals surface area (Å²) in [6.07, 6.45) is 2.85. The van der Waals surface area contributed by atoms with Gasteiger partial charge in [-0.1, -0.05) is 42.5 Å². The molecule has 0 bridgehead atoms. The number of hydrogen-bond acceptors (Lipinski definition) is 2. The number of aromatic nitrogens is 1. The Morgan fingerprint density at radius 1 is 1.05 bits per heavy atom. The first-order valence-corrected chi connectivity index (χ1v) is 7.73. The lowest BCUT2D eigenvalue weighted by Gasteiger charge is -2.37. The Hall–Kier alpha value is -2.19. The maximum atomic E-state index is 6.40. The molecule has 3 aromatic rings. The fraction of sp³-hybridized carbons (Fsp3) is 0.250. The molecule has 0 fully saturated rings. The Morgan fingerprint density at radius 2 is 1.82 bits per heavy atom. The van der Waals surface area contributed by atoms with E-state index in [0.29, 0.717) is 0 Å². The van der Waals surface area contributed by atoms with Crippen LogP contribution in [0.25, 0.3) is 10.9 Å². The third-order valence-corrected chi connectivity index (χ3v) is 4.31. The molecule has 0 saturated heterocycles. The van der Waals surface area contributed by atoms with Crippen LogP contribution in [0.1, 0.15) is 36.6 Å².